The standard InChI is InChI=1S/C28H27ClN2O3/c1-5-33-26-15-22(8-11-25(26)34-17-21-6-9-24(29)10-7-21)14-23(16-30)28(32)31-27-19(3)12-18(2)13-20(27)4/h6-15H,5,17H2,1-4H3,(H,31,32). The Balaban J connectivity index is 1.81. The molecule has 3 rings (SSSR count). The number of nitriles is 1. The summed E-state index contributed by atoms with van der Waals surface area (Å²) in [5.74, 6) is 0.648. The van der Waals surface area contributed by atoms with Gasteiger partial charge in [0.05, 0.1) is 6.61 Å². The van der Waals surface area contributed by atoms with Crippen LogP contribution in [0, 0.1) is 32.1 Å². The van der Waals surface area contributed by atoms with Crippen molar-refractivity contribution in [3.63, 3.8) is 0 Å². The van der Waals surface area contributed by atoms with Crippen LogP contribution in [0.2, 0.25) is 5.02 Å². The molecule has 0 aliphatic carbocycles. The maximum absolute atomic E-state index is 12.8. The molecule has 0 aliphatic heterocycles. The Morgan fingerprint density at radius 2 is 1.68 bits per heavy atom. The zero-order valence-corrected chi connectivity index (χ0v) is 20.5. The van der Waals surface area contributed by atoms with Crippen molar-refractivity contribution in [1.29, 1.82) is 5.26 Å². The number of anilines is 1. The Morgan fingerprint density at radius 1 is 1.00 bits per heavy atom. The average molecular weight is 475 g/mol. The van der Waals surface area contributed by atoms with Crippen LogP contribution in [0.25, 0.3) is 6.08 Å². The van der Waals surface area contributed by atoms with E-state index in [-0.39, 0.29) is 5.57 Å². The predicted octanol–water partition coefficient (Wildman–Crippen LogP) is 6.79. The maximum Gasteiger partial charge on any atom is 0.266 e. The van der Waals surface area contributed by atoms with Crippen LogP contribution in [0.3, 0.4) is 0 Å². The lowest BCUT2D eigenvalue weighted by Gasteiger charge is -2.14. The molecule has 34 heavy (non-hydrogen) atoms. The number of rotatable bonds is 8. The Bertz CT molecular complexity index is 1230. The summed E-state index contributed by atoms with van der Waals surface area (Å²) in [5, 5.41) is 13.2. The van der Waals surface area contributed by atoms with Gasteiger partial charge in [0, 0.05) is 10.7 Å². The first-order valence-electron chi connectivity index (χ1n) is 11.0. The number of halogens is 1. The van der Waals surface area contributed by atoms with Crippen molar-refractivity contribution in [3.8, 4) is 17.6 Å². The first-order chi connectivity index (χ1) is 16.3. The Kier molecular flexibility index (Phi) is 8.34. The molecule has 3 aromatic rings. The van der Waals surface area contributed by atoms with Gasteiger partial charge in [-0.2, -0.15) is 5.26 Å². The summed E-state index contributed by atoms with van der Waals surface area (Å²) in [6.07, 6.45) is 1.54. The molecule has 0 aromatic heterocycles. The number of nitrogens with one attached hydrogen (secondary N) is 1. The van der Waals surface area contributed by atoms with E-state index in [0.29, 0.717) is 35.3 Å². The zero-order valence-electron chi connectivity index (χ0n) is 19.7. The molecule has 1 N–H and O–H groups in total. The number of aryl methyl sites for hydroxylation is 3. The molecule has 0 radical (unpaired) electrons. The molecular weight excluding hydrogens is 448 g/mol. The zero-order chi connectivity index (χ0) is 24.7. The minimum atomic E-state index is -0.460. The molecule has 0 saturated heterocycles. The Hall–Kier alpha value is -3.75. The number of ether oxygens (including phenoxy) is 2. The molecule has 1 amide bonds. The fraction of sp³-hybridized carbons (Fsp3) is 0.214. The summed E-state index contributed by atoms with van der Waals surface area (Å²) < 4.78 is 11.7. The van der Waals surface area contributed by atoms with Gasteiger partial charge in [0.2, 0.25) is 0 Å². The van der Waals surface area contributed by atoms with E-state index >= 15 is 0 Å². The highest BCUT2D eigenvalue weighted by Crippen LogP contribution is 2.30. The smallest absolute Gasteiger partial charge is 0.266 e. The minimum absolute atomic E-state index is 0.00310. The van der Waals surface area contributed by atoms with Crippen molar-refractivity contribution < 1.29 is 14.3 Å². The molecule has 0 saturated carbocycles. The summed E-state index contributed by atoms with van der Waals surface area (Å²) in [5.41, 5.74) is 5.36. The second kappa shape index (κ2) is 11.4. The quantitative estimate of drug-likeness (QED) is 0.288. The van der Waals surface area contributed by atoms with Crippen molar-refractivity contribution in [1.82, 2.24) is 0 Å². The van der Waals surface area contributed by atoms with Crippen molar-refractivity contribution in [3.05, 3.63) is 93.0 Å². The molecule has 0 atom stereocenters. The number of carbonyl (C=O) groups excluding carboxylic acids is 1. The van der Waals surface area contributed by atoms with E-state index in [0.717, 1.165) is 27.9 Å². The third kappa shape index (κ3) is 6.40. The van der Waals surface area contributed by atoms with Gasteiger partial charge in [-0.05, 0) is 80.3 Å². The third-order valence-corrected chi connectivity index (χ3v) is 5.42. The van der Waals surface area contributed by atoms with E-state index < -0.39 is 5.91 Å². The summed E-state index contributed by atoms with van der Waals surface area (Å²) in [4.78, 5) is 12.8. The van der Waals surface area contributed by atoms with Gasteiger partial charge in [0.1, 0.15) is 18.2 Å². The number of hydrogen-bond donors (Lipinski definition) is 1. The van der Waals surface area contributed by atoms with E-state index in [1.54, 1.807) is 24.3 Å². The molecule has 174 valence electrons. The highest BCUT2D eigenvalue weighted by molar-refractivity contribution is 6.30. The topological polar surface area (TPSA) is 71.3 Å². The first kappa shape index (κ1) is 24.9. The number of hydrogen-bond acceptors (Lipinski definition) is 4. The second-order valence-corrected chi connectivity index (χ2v) is 8.39. The maximum atomic E-state index is 12.8. The molecular formula is C28H27ClN2O3. The van der Waals surface area contributed by atoms with Crippen LogP contribution in [0.5, 0.6) is 11.5 Å². The molecule has 3 aromatic carbocycles. The highest BCUT2D eigenvalue weighted by Gasteiger charge is 2.14. The largest absolute Gasteiger partial charge is 0.490 e. The molecule has 0 unspecified atom stereocenters. The van der Waals surface area contributed by atoms with E-state index in [4.69, 9.17) is 21.1 Å². The normalized spacial score (nSPS) is 11.0. The van der Waals surface area contributed by atoms with E-state index in [1.165, 1.54) is 0 Å². The van der Waals surface area contributed by atoms with Crippen LogP contribution in [0.4, 0.5) is 5.69 Å². The number of nitrogens with zero attached hydrogens (tertiary/aromatic N) is 1. The lowest BCUT2D eigenvalue weighted by atomic mass is 10.0. The minimum Gasteiger partial charge on any atom is -0.490 e. The van der Waals surface area contributed by atoms with Crippen LogP contribution >= 0.6 is 11.6 Å². The van der Waals surface area contributed by atoms with E-state index in [1.807, 2.05) is 70.2 Å². The molecule has 0 spiro atoms. The van der Waals surface area contributed by atoms with Crippen molar-refractivity contribution in [2.24, 2.45) is 0 Å². The van der Waals surface area contributed by atoms with E-state index in [9.17, 15) is 10.1 Å². The van der Waals surface area contributed by atoms with E-state index in [2.05, 4.69) is 5.32 Å². The predicted molar refractivity (Wildman–Crippen MR) is 136 cm³/mol. The molecule has 0 aliphatic rings. The van der Waals surface area contributed by atoms with Crippen LogP contribution in [0.1, 0.15) is 34.7 Å². The van der Waals surface area contributed by atoms with Gasteiger partial charge in [0.15, 0.2) is 11.5 Å². The van der Waals surface area contributed by atoms with Gasteiger partial charge in [-0.15, -0.1) is 0 Å². The number of amides is 1. The summed E-state index contributed by atoms with van der Waals surface area (Å²) >= 11 is 5.94. The SMILES string of the molecule is CCOc1cc(C=C(C#N)C(=O)Nc2c(C)cc(C)cc2C)ccc1OCc1ccc(Cl)cc1. The molecule has 5 nitrogen and oxygen atoms in total. The third-order valence-electron chi connectivity index (χ3n) is 5.17. The lowest BCUT2D eigenvalue weighted by molar-refractivity contribution is -0.112. The van der Waals surface area contributed by atoms with Gasteiger partial charge in [-0.3, -0.25) is 4.79 Å². The molecule has 6 heteroatoms. The summed E-state index contributed by atoms with van der Waals surface area (Å²) in [6.45, 7) is 8.55. The van der Waals surface area contributed by atoms with Gasteiger partial charge in [-0.1, -0.05) is 47.5 Å². The summed E-state index contributed by atoms with van der Waals surface area (Å²) in [7, 11) is 0. The van der Waals surface area contributed by atoms with Crippen LogP contribution in [-0.4, -0.2) is 12.5 Å². The number of benzene rings is 3. The monoisotopic (exact) mass is 474 g/mol. The fourth-order valence-corrected chi connectivity index (χ4v) is 3.74. The molecule has 0 heterocycles. The highest BCUT2D eigenvalue weighted by atomic mass is 35.5. The van der Waals surface area contributed by atoms with Gasteiger partial charge in [0.25, 0.3) is 5.91 Å². The summed E-state index contributed by atoms with van der Waals surface area (Å²) in [6, 6.07) is 18.7. The van der Waals surface area contributed by atoms with Crippen LogP contribution in [-0.2, 0) is 11.4 Å². The number of carbonyl (C=O) groups is 1. The Morgan fingerprint density at radius 3 is 2.29 bits per heavy atom. The van der Waals surface area contributed by atoms with Crippen molar-refractivity contribution in [2.45, 2.75) is 34.3 Å². The second-order valence-electron chi connectivity index (χ2n) is 7.95. The first-order valence-corrected chi connectivity index (χ1v) is 11.3. The van der Waals surface area contributed by atoms with Crippen molar-refractivity contribution >= 4 is 29.3 Å². The average Bonchev–Trinajstić information content (AvgIpc) is 2.80. The lowest BCUT2D eigenvalue weighted by Crippen LogP contribution is -2.15. The fourth-order valence-electron chi connectivity index (χ4n) is 3.62. The van der Waals surface area contributed by atoms with Crippen LogP contribution < -0.4 is 14.8 Å². The van der Waals surface area contributed by atoms with Gasteiger partial charge in [-0.25, -0.2) is 0 Å². The Labute approximate surface area is 205 Å². The molecule has 0 bridgehead atoms. The van der Waals surface area contributed by atoms with Gasteiger partial charge < -0.3 is 14.8 Å². The van der Waals surface area contributed by atoms with Crippen molar-refractivity contribution in [2.75, 3.05) is 11.9 Å². The van der Waals surface area contributed by atoms with Gasteiger partial charge >= 0.3 is 0 Å². The van der Waals surface area contributed by atoms with Crippen LogP contribution in [0.15, 0.2) is 60.2 Å². The molecule has 0 fully saturated rings.